The maximum absolute atomic E-state index is 2.47. The molecular formula is C32H27N. The molecule has 1 aromatic heterocycles. The van der Waals surface area contributed by atoms with Gasteiger partial charge in [-0.1, -0.05) is 90.0 Å². The minimum Gasteiger partial charge on any atom is -0.336 e. The van der Waals surface area contributed by atoms with Crippen LogP contribution in [0.4, 0.5) is 0 Å². The van der Waals surface area contributed by atoms with E-state index in [-0.39, 0.29) is 0 Å². The molecule has 0 radical (unpaired) electrons. The van der Waals surface area contributed by atoms with Crippen LogP contribution in [0.15, 0.2) is 114 Å². The van der Waals surface area contributed by atoms with E-state index in [9.17, 15) is 0 Å². The largest absolute Gasteiger partial charge is 0.336 e. The van der Waals surface area contributed by atoms with Crippen molar-refractivity contribution in [2.75, 3.05) is 0 Å². The van der Waals surface area contributed by atoms with Gasteiger partial charge in [0.05, 0.1) is 0 Å². The van der Waals surface area contributed by atoms with Crippen molar-refractivity contribution in [1.29, 1.82) is 0 Å². The zero-order chi connectivity index (χ0) is 21.8. The van der Waals surface area contributed by atoms with Crippen molar-refractivity contribution < 1.29 is 0 Å². The molecule has 160 valence electrons. The van der Waals surface area contributed by atoms with Crippen LogP contribution in [-0.4, -0.2) is 4.57 Å². The first-order valence-corrected chi connectivity index (χ1v) is 12.2. The quantitative estimate of drug-likeness (QED) is 0.311. The zero-order valence-corrected chi connectivity index (χ0v) is 18.8. The Morgan fingerprint density at radius 3 is 2.61 bits per heavy atom. The van der Waals surface area contributed by atoms with Crippen molar-refractivity contribution in [1.82, 2.24) is 4.57 Å². The fourth-order valence-corrected chi connectivity index (χ4v) is 6.20. The summed E-state index contributed by atoms with van der Waals surface area (Å²) >= 11 is 0. The molecule has 0 spiro atoms. The third-order valence-electron chi connectivity index (χ3n) is 7.82. The summed E-state index contributed by atoms with van der Waals surface area (Å²) in [5.41, 5.74) is 11.7. The van der Waals surface area contributed by atoms with E-state index in [2.05, 4.69) is 102 Å². The molecule has 1 nitrogen and oxygen atoms in total. The van der Waals surface area contributed by atoms with E-state index in [1.807, 2.05) is 0 Å². The van der Waals surface area contributed by atoms with E-state index in [1.165, 1.54) is 51.3 Å². The molecule has 0 bridgehead atoms. The Balaban J connectivity index is 1.31. The lowest BCUT2D eigenvalue weighted by Gasteiger charge is -2.23. The maximum atomic E-state index is 2.47. The second-order valence-electron chi connectivity index (χ2n) is 9.68. The number of hydrogen-bond acceptors (Lipinski definition) is 0. The molecule has 0 fully saturated rings. The van der Waals surface area contributed by atoms with Gasteiger partial charge in [0, 0.05) is 34.3 Å². The van der Waals surface area contributed by atoms with E-state index >= 15 is 0 Å². The van der Waals surface area contributed by atoms with E-state index in [0.717, 1.165) is 19.4 Å². The third kappa shape index (κ3) is 3.07. The predicted octanol–water partition coefficient (Wildman–Crippen LogP) is 8.22. The molecule has 0 saturated carbocycles. The van der Waals surface area contributed by atoms with Gasteiger partial charge in [-0.2, -0.15) is 0 Å². The Hall–Kier alpha value is -3.58. The van der Waals surface area contributed by atoms with Gasteiger partial charge < -0.3 is 4.57 Å². The lowest BCUT2D eigenvalue weighted by molar-refractivity contribution is 0.705. The summed E-state index contributed by atoms with van der Waals surface area (Å²) in [6.07, 6.45) is 14.3. The number of para-hydroxylation sites is 1. The number of benzene rings is 3. The molecule has 1 heterocycles. The van der Waals surface area contributed by atoms with Crippen LogP contribution in [0.1, 0.15) is 36.8 Å². The molecule has 4 aromatic rings. The summed E-state index contributed by atoms with van der Waals surface area (Å²) < 4.78 is 2.47. The first-order valence-electron chi connectivity index (χ1n) is 12.2. The smallest absolute Gasteiger partial charge is 0.0494 e. The van der Waals surface area contributed by atoms with Gasteiger partial charge in [-0.05, 0) is 66.2 Å². The summed E-state index contributed by atoms with van der Waals surface area (Å²) in [6.45, 7) is 0.894. The van der Waals surface area contributed by atoms with Gasteiger partial charge >= 0.3 is 0 Å². The number of aromatic nitrogens is 1. The minimum absolute atomic E-state index is 0.625. The van der Waals surface area contributed by atoms with E-state index < -0.39 is 0 Å². The van der Waals surface area contributed by atoms with Gasteiger partial charge in [0.1, 0.15) is 0 Å². The van der Waals surface area contributed by atoms with Crippen LogP contribution in [0.5, 0.6) is 0 Å². The Morgan fingerprint density at radius 1 is 0.818 bits per heavy atom. The molecule has 33 heavy (non-hydrogen) atoms. The lowest BCUT2D eigenvalue weighted by Crippen LogP contribution is -2.08. The molecule has 3 aliphatic carbocycles. The van der Waals surface area contributed by atoms with Crippen molar-refractivity contribution in [3.8, 4) is 0 Å². The average molecular weight is 426 g/mol. The molecule has 0 saturated heterocycles. The summed E-state index contributed by atoms with van der Waals surface area (Å²) in [5, 5.41) is 2.71. The fourth-order valence-electron chi connectivity index (χ4n) is 6.20. The van der Waals surface area contributed by atoms with Crippen molar-refractivity contribution >= 4 is 27.4 Å². The monoisotopic (exact) mass is 425 g/mol. The van der Waals surface area contributed by atoms with E-state index in [4.69, 9.17) is 0 Å². The van der Waals surface area contributed by atoms with Crippen LogP contribution in [0, 0.1) is 5.92 Å². The zero-order valence-electron chi connectivity index (χ0n) is 18.8. The van der Waals surface area contributed by atoms with Crippen LogP contribution >= 0.6 is 0 Å². The van der Waals surface area contributed by atoms with Crippen molar-refractivity contribution in [3.63, 3.8) is 0 Å². The van der Waals surface area contributed by atoms with Crippen LogP contribution in [0.3, 0.4) is 0 Å². The predicted molar refractivity (Wildman–Crippen MR) is 139 cm³/mol. The minimum atomic E-state index is 0.625. The van der Waals surface area contributed by atoms with Gasteiger partial charge in [0.15, 0.2) is 0 Å². The Labute approximate surface area is 195 Å². The molecule has 0 amide bonds. The standard InChI is InChI=1S/C32H27N/c1-2-8-22(9-3-1)21-33-31-13-7-6-12-28(31)30-20-24(16-17-32(30)33)23-14-15-26-18-25-10-4-5-11-27(25)29(26)19-23/h1-4,6-10,12-17,20,29H,5,11,18-19,21H2. The molecule has 0 N–H and O–H groups in total. The van der Waals surface area contributed by atoms with Gasteiger partial charge in [-0.25, -0.2) is 0 Å². The summed E-state index contributed by atoms with van der Waals surface area (Å²) in [4.78, 5) is 0. The maximum Gasteiger partial charge on any atom is 0.0494 e. The Kier molecular flexibility index (Phi) is 4.30. The molecular weight excluding hydrogens is 398 g/mol. The highest BCUT2D eigenvalue weighted by Gasteiger charge is 2.31. The average Bonchev–Trinajstić information content (AvgIpc) is 3.40. The van der Waals surface area contributed by atoms with Crippen LogP contribution < -0.4 is 0 Å². The highest BCUT2D eigenvalue weighted by molar-refractivity contribution is 6.09. The molecule has 3 aromatic carbocycles. The molecule has 3 aliphatic rings. The van der Waals surface area contributed by atoms with Gasteiger partial charge in [-0.15, -0.1) is 0 Å². The summed E-state index contributed by atoms with van der Waals surface area (Å²) in [5.74, 6) is 0.625. The molecule has 1 atom stereocenters. The number of hydrogen-bond donors (Lipinski definition) is 0. The van der Waals surface area contributed by atoms with Gasteiger partial charge in [0.25, 0.3) is 0 Å². The number of allylic oxidation sites excluding steroid dienone is 8. The number of rotatable bonds is 3. The number of nitrogens with zero attached hydrogens (tertiary/aromatic N) is 1. The molecule has 7 rings (SSSR count). The second kappa shape index (κ2) is 7.49. The van der Waals surface area contributed by atoms with Crippen LogP contribution in [-0.2, 0) is 6.54 Å². The first-order chi connectivity index (χ1) is 16.3. The highest BCUT2D eigenvalue weighted by atomic mass is 15.0. The third-order valence-corrected chi connectivity index (χ3v) is 7.82. The topological polar surface area (TPSA) is 4.93 Å². The van der Waals surface area contributed by atoms with Crippen LogP contribution in [0.25, 0.3) is 27.4 Å². The van der Waals surface area contributed by atoms with Gasteiger partial charge in [0.2, 0.25) is 0 Å². The second-order valence-corrected chi connectivity index (χ2v) is 9.68. The number of fused-ring (bicyclic) bond motifs is 5. The van der Waals surface area contributed by atoms with Crippen molar-refractivity contribution in [2.45, 2.75) is 32.2 Å². The van der Waals surface area contributed by atoms with E-state index in [1.54, 1.807) is 16.7 Å². The summed E-state index contributed by atoms with van der Waals surface area (Å²) in [7, 11) is 0. The van der Waals surface area contributed by atoms with Crippen LogP contribution in [0.2, 0.25) is 0 Å². The highest BCUT2D eigenvalue weighted by Crippen LogP contribution is 2.48. The molecule has 0 aliphatic heterocycles. The lowest BCUT2D eigenvalue weighted by atomic mass is 9.81. The van der Waals surface area contributed by atoms with Crippen molar-refractivity contribution in [2.24, 2.45) is 5.92 Å². The SMILES string of the molecule is C1=CC2=C(CC1)C1CC(c3ccc4c(c3)c3ccccc3n4Cc3ccccc3)=CC=C1C2. The van der Waals surface area contributed by atoms with Gasteiger partial charge in [-0.3, -0.25) is 0 Å². The Bertz CT molecular complexity index is 1520. The Morgan fingerprint density at radius 2 is 1.67 bits per heavy atom. The summed E-state index contributed by atoms with van der Waals surface area (Å²) in [6, 6.07) is 26.8. The normalized spacial score (nSPS) is 19.6. The van der Waals surface area contributed by atoms with Crippen molar-refractivity contribution in [3.05, 3.63) is 125 Å². The first kappa shape index (κ1) is 18.9. The molecule has 1 unspecified atom stereocenters. The van der Waals surface area contributed by atoms with E-state index in [0.29, 0.717) is 5.92 Å². The molecule has 1 heteroatoms. The fraction of sp³-hybridized carbons (Fsp3) is 0.188.